The first-order valence-corrected chi connectivity index (χ1v) is 7.45. The Morgan fingerprint density at radius 3 is 2.39 bits per heavy atom. The lowest BCUT2D eigenvalue weighted by Gasteiger charge is -2.37. The predicted molar refractivity (Wildman–Crippen MR) is 74.3 cm³/mol. The molecule has 0 bridgehead atoms. The van der Waals surface area contributed by atoms with Crippen LogP contribution in [0.15, 0.2) is 0 Å². The summed E-state index contributed by atoms with van der Waals surface area (Å²) in [6.07, 6.45) is 6.11. The second-order valence-corrected chi connectivity index (χ2v) is 7.20. The second kappa shape index (κ2) is 5.60. The number of nitrogens with one attached hydrogen (secondary N) is 2. The first kappa shape index (κ1) is 13.9. The summed E-state index contributed by atoms with van der Waals surface area (Å²) in [5, 5.41) is 6.43. The van der Waals surface area contributed by atoms with Gasteiger partial charge in [0.15, 0.2) is 0 Å². The molecule has 0 spiro atoms. The number of carbonyl (C=O) groups excluding carboxylic acids is 1. The van der Waals surface area contributed by atoms with Crippen molar-refractivity contribution in [2.75, 3.05) is 13.1 Å². The van der Waals surface area contributed by atoms with Gasteiger partial charge in [-0.05, 0) is 49.5 Å². The standard InChI is InChI=1S/C15H28N2O/c1-15(2,3)12-6-4-11(5-7-12)9-16-13-8-14(18)17-10-13/h11-13,16H,4-10H2,1-3H3,(H,17,18). The molecule has 0 aromatic carbocycles. The molecule has 0 radical (unpaired) electrons. The first-order valence-electron chi connectivity index (χ1n) is 7.45. The average molecular weight is 252 g/mol. The van der Waals surface area contributed by atoms with E-state index in [9.17, 15) is 4.79 Å². The topological polar surface area (TPSA) is 41.1 Å². The minimum atomic E-state index is 0.198. The van der Waals surface area contributed by atoms with Crippen molar-refractivity contribution >= 4 is 5.91 Å². The Bertz CT molecular complexity index is 287. The summed E-state index contributed by atoms with van der Waals surface area (Å²) in [5.41, 5.74) is 0.472. The molecule has 1 aliphatic heterocycles. The third kappa shape index (κ3) is 3.71. The largest absolute Gasteiger partial charge is 0.354 e. The highest BCUT2D eigenvalue weighted by Gasteiger charge is 2.30. The van der Waals surface area contributed by atoms with Gasteiger partial charge in [0, 0.05) is 19.0 Å². The van der Waals surface area contributed by atoms with E-state index in [1.165, 1.54) is 25.7 Å². The van der Waals surface area contributed by atoms with Gasteiger partial charge in [0.25, 0.3) is 0 Å². The van der Waals surface area contributed by atoms with Crippen LogP contribution in [0.4, 0.5) is 0 Å². The molecule has 104 valence electrons. The Morgan fingerprint density at radius 1 is 1.22 bits per heavy atom. The van der Waals surface area contributed by atoms with E-state index in [2.05, 4.69) is 31.4 Å². The molecule has 2 N–H and O–H groups in total. The van der Waals surface area contributed by atoms with Gasteiger partial charge in [0.2, 0.25) is 5.91 Å². The van der Waals surface area contributed by atoms with E-state index in [4.69, 9.17) is 0 Å². The monoisotopic (exact) mass is 252 g/mol. The summed E-state index contributed by atoms with van der Waals surface area (Å²) in [5.74, 6) is 1.91. The highest BCUT2D eigenvalue weighted by molar-refractivity contribution is 5.78. The summed E-state index contributed by atoms with van der Waals surface area (Å²) >= 11 is 0. The van der Waals surface area contributed by atoms with Gasteiger partial charge >= 0.3 is 0 Å². The van der Waals surface area contributed by atoms with E-state index >= 15 is 0 Å². The molecule has 1 saturated carbocycles. The number of carbonyl (C=O) groups is 1. The van der Waals surface area contributed by atoms with Gasteiger partial charge < -0.3 is 10.6 Å². The number of hydrogen-bond acceptors (Lipinski definition) is 2. The Kier molecular flexibility index (Phi) is 4.31. The molecule has 1 unspecified atom stereocenters. The molecule has 1 aliphatic carbocycles. The lowest BCUT2D eigenvalue weighted by Crippen LogP contribution is -2.37. The Morgan fingerprint density at radius 2 is 1.89 bits per heavy atom. The predicted octanol–water partition coefficient (Wildman–Crippen LogP) is 2.32. The summed E-state index contributed by atoms with van der Waals surface area (Å²) < 4.78 is 0. The normalized spacial score (nSPS) is 33.5. The van der Waals surface area contributed by atoms with Gasteiger partial charge in [0.05, 0.1) is 0 Å². The highest BCUT2D eigenvalue weighted by Crippen LogP contribution is 2.39. The lowest BCUT2D eigenvalue weighted by atomic mass is 9.70. The molecule has 1 amide bonds. The van der Waals surface area contributed by atoms with Crippen LogP contribution in [0.3, 0.4) is 0 Å². The van der Waals surface area contributed by atoms with Crippen molar-refractivity contribution in [2.45, 2.75) is 58.9 Å². The van der Waals surface area contributed by atoms with Crippen LogP contribution in [0.25, 0.3) is 0 Å². The van der Waals surface area contributed by atoms with Crippen LogP contribution in [0.1, 0.15) is 52.9 Å². The van der Waals surface area contributed by atoms with Crippen molar-refractivity contribution in [1.29, 1.82) is 0 Å². The average Bonchev–Trinajstić information content (AvgIpc) is 2.72. The fraction of sp³-hybridized carbons (Fsp3) is 0.933. The van der Waals surface area contributed by atoms with Crippen LogP contribution in [0, 0.1) is 17.3 Å². The molecular weight excluding hydrogens is 224 g/mol. The fourth-order valence-electron chi connectivity index (χ4n) is 3.32. The van der Waals surface area contributed by atoms with E-state index in [-0.39, 0.29) is 5.91 Å². The Labute approximate surface area is 111 Å². The van der Waals surface area contributed by atoms with E-state index in [1.807, 2.05) is 0 Å². The van der Waals surface area contributed by atoms with Gasteiger partial charge in [-0.1, -0.05) is 20.8 Å². The lowest BCUT2D eigenvalue weighted by molar-refractivity contribution is -0.119. The van der Waals surface area contributed by atoms with Crippen LogP contribution >= 0.6 is 0 Å². The van der Waals surface area contributed by atoms with E-state index in [0.717, 1.165) is 24.9 Å². The maximum Gasteiger partial charge on any atom is 0.221 e. The second-order valence-electron chi connectivity index (χ2n) is 7.20. The van der Waals surface area contributed by atoms with Crippen molar-refractivity contribution in [3.05, 3.63) is 0 Å². The molecule has 0 aromatic rings. The van der Waals surface area contributed by atoms with Crippen LogP contribution in [0.2, 0.25) is 0 Å². The molecule has 1 atom stereocenters. The van der Waals surface area contributed by atoms with Gasteiger partial charge in [-0.3, -0.25) is 4.79 Å². The van der Waals surface area contributed by atoms with Gasteiger partial charge in [-0.15, -0.1) is 0 Å². The molecule has 2 aliphatic rings. The van der Waals surface area contributed by atoms with Crippen LogP contribution in [0.5, 0.6) is 0 Å². The van der Waals surface area contributed by atoms with Gasteiger partial charge in [-0.2, -0.15) is 0 Å². The molecule has 1 saturated heterocycles. The van der Waals surface area contributed by atoms with Crippen molar-refractivity contribution in [2.24, 2.45) is 17.3 Å². The molecule has 3 heteroatoms. The van der Waals surface area contributed by atoms with E-state index < -0.39 is 0 Å². The number of hydrogen-bond donors (Lipinski definition) is 2. The first-order chi connectivity index (χ1) is 8.45. The fourth-order valence-corrected chi connectivity index (χ4v) is 3.32. The van der Waals surface area contributed by atoms with E-state index in [0.29, 0.717) is 17.9 Å². The van der Waals surface area contributed by atoms with Crippen LogP contribution in [-0.2, 0) is 4.79 Å². The molecule has 18 heavy (non-hydrogen) atoms. The summed E-state index contributed by atoms with van der Waals surface area (Å²) in [7, 11) is 0. The third-order valence-corrected chi connectivity index (χ3v) is 4.74. The zero-order valence-corrected chi connectivity index (χ0v) is 12.1. The molecule has 2 rings (SSSR count). The van der Waals surface area contributed by atoms with Crippen molar-refractivity contribution in [3.63, 3.8) is 0 Å². The smallest absolute Gasteiger partial charge is 0.221 e. The van der Waals surface area contributed by atoms with Crippen molar-refractivity contribution in [1.82, 2.24) is 10.6 Å². The molecule has 1 heterocycles. The molecule has 3 nitrogen and oxygen atoms in total. The minimum Gasteiger partial charge on any atom is -0.354 e. The third-order valence-electron chi connectivity index (χ3n) is 4.74. The van der Waals surface area contributed by atoms with Crippen LogP contribution < -0.4 is 10.6 Å². The summed E-state index contributed by atoms with van der Waals surface area (Å²) in [6, 6.07) is 0.373. The zero-order chi connectivity index (χ0) is 13.2. The summed E-state index contributed by atoms with van der Waals surface area (Å²) in [6.45, 7) is 9.01. The number of amides is 1. The summed E-state index contributed by atoms with van der Waals surface area (Å²) in [4.78, 5) is 11.1. The SMILES string of the molecule is CC(C)(C)C1CCC(CNC2CNC(=O)C2)CC1. The maximum absolute atomic E-state index is 11.1. The molecular formula is C15H28N2O. The Hall–Kier alpha value is -0.570. The molecule has 0 aromatic heterocycles. The maximum atomic E-state index is 11.1. The molecule has 2 fully saturated rings. The quantitative estimate of drug-likeness (QED) is 0.809. The zero-order valence-electron chi connectivity index (χ0n) is 12.1. The van der Waals surface area contributed by atoms with Crippen LogP contribution in [-0.4, -0.2) is 25.0 Å². The highest BCUT2D eigenvalue weighted by atomic mass is 16.1. The Balaban J connectivity index is 1.66. The van der Waals surface area contributed by atoms with Gasteiger partial charge in [0.1, 0.15) is 0 Å². The number of rotatable bonds is 3. The van der Waals surface area contributed by atoms with Crippen molar-refractivity contribution < 1.29 is 4.79 Å². The van der Waals surface area contributed by atoms with E-state index in [1.54, 1.807) is 0 Å². The van der Waals surface area contributed by atoms with Crippen molar-refractivity contribution in [3.8, 4) is 0 Å². The minimum absolute atomic E-state index is 0.198. The van der Waals surface area contributed by atoms with Gasteiger partial charge in [-0.25, -0.2) is 0 Å².